The van der Waals surface area contributed by atoms with Gasteiger partial charge in [0.1, 0.15) is 0 Å². The Morgan fingerprint density at radius 1 is 1.38 bits per heavy atom. The van der Waals surface area contributed by atoms with Gasteiger partial charge in [-0.15, -0.1) is 12.4 Å². The molecule has 1 saturated heterocycles. The van der Waals surface area contributed by atoms with Crippen molar-refractivity contribution in [2.45, 2.75) is 43.6 Å². The molecule has 116 valence electrons. The van der Waals surface area contributed by atoms with Gasteiger partial charge in [0.2, 0.25) is 5.91 Å². The van der Waals surface area contributed by atoms with Crippen molar-refractivity contribution in [1.82, 2.24) is 10.6 Å². The third-order valence-electron chi connectivity index (χ3n) is 4.52. The molecule has 1 aliphatic carbocycles. The minimum atomic E-state index is 0. The van der Waals surface area contributed by atoms with Gasteiger partial charge >= 0.3 is 0 Å². The summed E-state index contributed by atoms with van der Waals surface area (Å²) in [5, 5.41) is 6.51. The maximum Gasteiger partial charge on any atom is 0.221 e. The Kier molecular flexibility index (Phi) is 5.69. The van der Waals surface area contributed by atoms with E-state index in [-0.39, 0.29) is 23.7 Å². The lowest BCUT2D eigenvalue weighted by Gasteiger charge is -2.19. The fraction of sp³-hybridized carbons (Fsp3) is 0.562. The average molecular weight is 374 g/mol. The molecule has 0 aromatic heterocycles. The van der Waals surface area contributed by atoms with Crippen LogP contribution in [0.15, 0.2) is 28.7 Å². The molecule has 0 spiro atoms. The molecular weight excluding hydrogens is 352 g/mol. The van der Waals surface area contributed by atoms with Gasteiger partial charge in [0.05, 0.1) is 0 Å². The van der Waals surface area contributed by atoms with E-state index >= 15 is 0 Å². The number of hydrogen-bond donors (Lipinski definition) is 2. The number of amides is 1. The predicted octanol–water partition coefficient (Wildman–Crippen LogP) is 3.16. The molecule has 0 radical (unpaired) electrons. The van der Waals surface area contributed by atoms with Crippen molar-refractivity contribution in [3.05, 3.63) is 34.3 Å². The monoisotopic (exact) mass is 372 g/mol. The number of hydrogen-bond acceptors (Lipinski definition) is 2. The van der Waals surface area contributed by atoms with Crippen LogP contribution in [0.25, 0.3) is 0 Å². The number of carbonyl (C=O) groups excluding carboxylic acids is 1. The summed E-state index contributed by atoms with van der Waals surface area (Å²) < 4.78 is 1.16. The van der Waals surface area contributed by atoms with E-state index in [0.29, 0.717) is 12.5 Å². The van der Waals surface area contributed by atoms with Crippen LogP contribution in [0.2, 0.25) is 0 Å². The zero-order valence-corrected chi connectivity index (χ0v) is 14.4. The molecule has 2 fully saturated rings. The van der Waals surface area contributed by atoms with E-state index in [9.17, 15) is 4.79 Å². The number of nitrogens with one attached hydrogen (secondary N) is 2. The number of halogens is 2. The maximum atomic E-state index is 12.0. The van der Waals surface area contributed by atoms with Crippen molar-refractivity contribution in [2.75, 3.05) is 13.1 Å². The third-order valence-corrected chi connectivity index (χ3v) is 5.21. The Morgan fingerprint density at radius 3 is 2.76 bits per heavy atom. The molecule has 1 unspecified atom stereocenters. The summed E-state index contributed by atoms with van der Waals surface area (Å²) in [6, 6.07) is 8.74. The van der Waals surface area contributed by atoms with Crippen molar-refractivity contribution in [3.8, 4) is 0 Å². The van der Waals surface area contributed by atoms with Crippen molar-refractivity contribution >= 4 is 34.2 Å². The topological polar surface area (TPSA) is 41.1 Å². The summed E-state index contributed by atoms with van der Waals surface area (Å²) in [4.78, 5) is 12.0. The molecular formula is C16H22BrClN2O. The zero-order valence-electron chi connectivity index (χ0n) is 12.0. The lowest BCUT2D eigenvalue weighted by atomic mass is 9.96. The van der Waals surface area contributed by atoms with Crippen molar-refractivity contribution < 1.29 is 4.79 Å². The first-order valence-corrected chi connectivity index (χ1v) is 8.24. The van der Waals surface area contributed by atoms with E-state index in [1.165, 1.54) is 12.0 Å². The molecule has 3 nitrogen and oxygen atoms in total. The van der Waals surface area contributed by atoms with Crippen LogP contribution in [0.5, 0.6) is 0 Å². The molecule has 5 heteroatoms. The Bertz CT molecular complexity index is 499. The summed E-state index contributed by atoms with van der Waals surface area (Å²) in [6.45, 7) is 1.82. The van der Waals surface area contributed by atoms with Crippen LogP contribution in [-0.2, 0) is 10.2 Å². The Balaban J connectivity index is 0.00000161. The Morgan fingerprint density at radius 2 is 2.14 bits per heavy atom. The molecule has 1 aliphatic heterocycles. The van der Waals surface area contributed by atoms with Crippen molar-refractivity contribution in [3.63, 3.8) is 0 Å². The van der Waals surface area contributed by atoms with E-state index in [0.717, 1.165) is 36.8 Å². The van der Waals surface area contributed by atoms with Gasteiger partial charge in [-0.25, -0.2) is 0 Å². The predicted molar refractivity (Wildman–Crippen MR) is 91.0 cm³/mol. The van der Waals surface area contributed by atoms with Gasteiger partial charge < -0.3 is 10.6 Å². The summed E-state index contributed by atoms with van der Waals surface area (Å²) in [7, 11) is 0. The van der Waals surface area contributed by atoms with Gasteiger partial charge in [0, 0.05) is 28.9 Å². The first kappa shape index (κ1) is 16.8. The highest BCUT2D eigenvalue weighted by Crippen LogP contribution is 2.49. The van der Waals surface area contributed by atoms with Gasteiger partial charge in [0.15, 0.2) is 0 Å². The summed E-state index contributed by atoms with van der Waals surface area (Å²) in [5.74, 6) is 0.183. The molecule has 1 amide bonds. The van der Waals surface area contributed by atoms with Gasteiger partial charge in [-0.2, -0.15) is 0 Å². The molecule has 2 aliphatic rings. The molecule has 3 rings (SSSR count). The molecule has 0 bridgehead atoms. The molecule has 2 N–H and O–H groups in total. The highest BCUT2D eigenvalue weighted by atomic mass is 79.9. The number of rotatable bonds is 5. The normalized spacial score (nSPS) is 22.4. The minimum absolute atomic E-state index is 0. The molecule has 1 aromatic rings. The molecule has 1 aromatic carbocycles. The minimum Gasteiger partial charge on any atom is -0.355 e. The van der Waals surface area contributed by atoms with E-state index < -0.39 is 0 Å². The Hall–Kier alpha value is -0.580. The maximum absolute atomic E-state index is 12.0. The van der Waals surface area contributed by atoms with Crippen LogP contribution in [-0.4, -0.2) is 25.0 Å². The number of benzene rings is 1. The van der Waals surface area contributed by atoms with E-state index in [4.69, 9.17) is 0 Å². The second-order valence-electron chi connectivity index (χ2n) is 6.03. The van der Waals surface area contributed by atoms with Crippen molar-refractivity contribution in [1.29, 1.82) is 0 Å². The van der Waals surface area contributed by atoms with Crippen LogP contribution < -0.4 is 10.6 Å². The van der Waals surface area contributed by atoms with E-state index in [1.807, 2.05) is 6.07 Å². The third kappa shape index (κ3) is 3.99. The molecule has 1 heterocycles. The smallest absolute Gasteiger partial charge is 0.221 e. The van der Waals surface area contributed by atoms with Crippen molar-refractivity contribution in [2.24, 2.45) is 0 Å². The largest absolute Gasteiger partial charge is 0.355 e. The highest BCUT2D eigenvalue weighted by molar-refractivity contribution is 9.10. The lowest BCUT2D eigenvalue weighted by Crippen LogP contribution is -2.36. The van der Waals surface area contributed by atoms with Gasteiger partial charge in [-0.1, -0.05) is 34.1 Å². The van der Waals surface area contributed by atoms with Gasteiger partial charge in [0.25, 0.3) is 0 Å². The fourth-order valence-electron chi connectivity index (χ4n) is 3.08. The van der Waals surface area contributed by atoms with Crippen LogP contribution in [0.3, 0.4) is 0 Å². The molecule has 21 heavy (non-hydrogen) atoms. The molecule has 1 saturated carbocycles. The summed E-state index contributed by atoms with van der Waals surface area (Å²) in [6.07, 6.45) is 5.27. The standard InChI is InChI=1S/C16H21BrN2O.ClH/c17-14-6-2-1-5-13(14)16(7-8-16)11-19-15(20)10-12-4-3-9-18-12;/h1-2,5-6,12,18H,3-4,7-11H2,(H,19,20);1H. The van der Waals surface area contributed by atoms with Crippen LogP contribution in [0.4, 0.5) is 0 Å². The lowest BCUT2D eigenvalue weighted by molar-refractivity contribution is -0.121. The van der Waals surface area contributed by atoms with Crippen LogP contribution >= 0.6 is 28.3 Å². The SMILES string of the molecule is Cl.O=C(CC1CCCN1)NCC1(c2ccccc2Br)CC1. The second kappa shape index (κ2) is 7.12. The number of carbonyl (C=O) groups is 1. The van der Waals surface area contributed by atoms with Gasteiger partial charge in [-0.05, 0) is 43.9 Å². The quantitative estimate of drug-likeness (QED) is 0.832. The molecule has 1 atom stereocenters. The Labute approximate surface area is 140 Å². The first-order valence-electron chi connectivity index (χ1n) is 7.45. The summed E-state index contributed by atoms with van der Waals surface area (Å²) >= 11 is 3.63. The average Bonchev–Trinajstić information content (AvgIpc) is 3.06. The first-order chi connectivity index (χ1) is 9.70. The fourth-order valence-corrected chi connectivity index (χ4v) is 3.78. The van der Waals surface area contributed by atoms with Crippen LogP contribution in [0, 0.1) is 0 Å². The second-order valence-corrected chi connectivity index (χ2v) is 6.89. The summed E-state index contributed by atoms with van der Waals surface area (Å²) in [5.41, 5.74) is 1.50. The highest BCUT2D eigenvalue weighted by Gasteiger charge is 2.45. The van der Waals surface area contributed by atoms with E-state index in [1.54, 1.807) is 0 Å². The van der Waals surface area contributed by atoms with Gasteiger partial charge in [-0.3, -0.25) is 4.79 Å². The van der Waals surface area contributed by atoms with E-state index in [2.05, 4.69) is 44.8 Å². The van der Waals surface area contributed by atoms with Crippen LogP contribution in [0.1, 0.15) is 37.7 Å². The zero-order chi connectivity index (χ0) is 14.0.